The fourth-order valence-corrected chi connectivity index (χ4v) is 4.97. The third-order valence-electron chi connectivity index (χ3n) is 7.20. The van der Waals surface area contributed by atoms with Crippen molar-refractivity contribution >= 4 is 35.2 Å². The zero-order chi connectivity index (χ0) is 26.2. The molecule has 0 aromatic heterocycles. The topological polar surface area (TPSA) is 113 Å². The lowest BCUT2D eigenvalue weighted by atomic mass is 9.72. The second kappa shape index (κ2) is 9.46. The Bertz CT molecular complexity index is 1390. The average Bonchev–Trinajstić information content (AvgIpc) is 3.15. The summed E-state index contributed by atoms with van der Waals surface area (Å²) in [5.74, 6) is -1.51. The summed E-state index contributed by atoms with van der Waals surface area (Å²) in [5, 5.41) is 5.28. The molecular weight excluding hydrogens is 470 g/mol. The highest BCUT2D eigenvalue weighted by Gasteiger charge is 2.42. The molecule has 1 fully saturated rings. The lowest BCUT2D eigenvalue weighted by molar-refractivity contribution is -0.138. The molecule has 1 atom stereocenters. The summed E-state index contributed by atoms with van der Waals surface area (Å²) in [7, 11) is 0. The molecule has 8 heteroatoms. The number of nitrogens with zero attached hydrogens (tertiary/aromatic N) is 1. The molecule has 2 N–H and O–H groups in total. The molecular formula is C29H25N3O5. The summed E-state index contributed by atoms with van der Waals surface area (Å²) < 4.78 is 0. The van der Waals surface area contributed by atoms with Crippen LogP contribution < -0.4 is 10.6 Å². The maximum atomic E-state index is 12.8. The molecule has 5 amide bonds. The average molecular weight is 496 g/mol. The maximum absolute atomic E-state index is 12.8. The van der Waals surface area contributed by atoms with Crippen molar-refractivity contribution in [3.63, 3.8) is 0 Å². The van der Waals surface area contributed by atoms with Gasteiger partial charge in [0.25, 0.3) is 17.7 Å². The highest BCUT2D eigenvalue weighted by Crippen LogP contribution is 2.36. The number of rotatable bonds is 6. The first-order valence-corrected chi connectivity index (χ1v) is 12.1. The normalized spacial score (nSPS) is 19.0. The van der Waals surface area contributed by atoms with Crippen LogP contribution in [0, 0.1) is 0 Å². The van der Waals surface area contributed by atoms with E-state index < -0.39 is 5.41 Å². The first kappa shape index (κ1) is 24.1. The summed E-state index contributed by atoms with van der Waals surface area (Å²) in [6.07, 6.45) is 1.30. The predicted molar refractivity (Wildman–Crippen MR) is 136 cm³/mol. The largest absolute Gasteiger partial charge is 0.322 e. The van der Waals surface area contributed by atoms with Gasteiger partial charge >= 0.3 is 0 Å². The van der Waals surface area contributed by atoms with Gasteiger partial charge in [-0.1, -0.05) is 43.3 Å². The van der Waals surface area contributed by atoms with Gasteiger partial charge in [-0.05, 0) is 60.4 Å². The minimum absolute atomic E-state index is 0.119. The number of piperidine rings is 1. The predicted octanol–water partition coefficient (Wildman–Crippen LogP) is 3.82. The smallest absolute Gasteiger partial charge is 0.261 e. The number of carbonyl (C=O) groups is 5. The van der Waals surface area contributed by atoms with Crippen molar-refractivity contribution in [2.45, 2.75) is 38.1 Å². The second-order valence-corrected chi connectivity index (χ2v) is 9.28. The van der Waals surface area contributed by atoms with Crippen LogP contribution in [0.4, 0.5) is 5.69 Å². The number of fused-ring (bicyclic) bond motifs is 1. The number of hydrogen-bond donors (Lipinski definition) is 2. The Kier molecular flexibility index (Phi) is 6.17. The van der Waals surface area contributed by atoms with Gasteiger partial charge in [-0.3, -0.25) is 34.2 Å². The van der Waals surface area contributed by atoms with Crippen LogP contribution >= 0.6 is 0 Å². The maximum Gasteiger partial charge on any atom is 0.261 e. The third-order valence-corrected chi connectivity index (χ3v) is 7.20. The summed E-state index contributed by atoms with van der Waals surface area (Å²) >= 11 is 0. The molecule has 0 aliphatic carbocycles. The highest BCUT2D eigenvalue weighted by molar-refractivity contribution is 6.21. The van der Waals surface area contributed by atoms with Gasteiger partial charge in [-0.2, -0.15) is 0 Å². The molecule has 2 aliphatic rings. The van der Waals surface area contributed by atoms with Crippen LogP contribution in [0.1, 0.15) is 68.4 Å². The molecule has 8 nitrogen and oxygen atoms in total. The molecule has 186 valence electrons. The van der Waals surface area contributed by atoms with E-state index in [1.807, 2.05) is 6.92 Å². The number of hydrogen-bond acceptors (Lipinski definition) is 5. The van der Waals surface area contributed by atoms with Crippen LogP contribution in [0.15, 0.2) is 72.8 Å². The number of imide groups is 2. The van der Waals surface area contributed by atoms with Gasteiger partial charge in [-0.15, -0.1) is 0 Å². The van der Waals surface area contributed by atoms with E-state index in [2.05, 4.69) is 10.6 Å². The standard InChI is InChI=1S/C29H25N3O5/c1-2-29(16-15-24(33)31-28(29)37)20-11-13-21(14-12-20)30-25(34)19-9-7-18(8-10-19)17-32-26(35)22-5-3-4-6-23(22)27(32)36/h3-14H,2,15-17H2,1H3,(H,30,34)(H,31,33,37). The molecule has 1 saturated heterocycles. The van der Waals surface area contributed by atoms with Crippen LogP contribution in [0.3, 0.4) is 0 Å². The fourth-order valence-electron chi connectivity index (χ4n) is 4.97. The summed E-state index contributed by atoms with van der Waals surface area (Å²) in [6, 6.07) is 20.6. The Morgan fingerprint density at radius 1 is 0.892 bits per heavy atom. The van der Waals surface area contributed by atoms with Gasteiger partial charge in [0, 0.05) is 17.7 Å². The van der Waals surface area contributed by atoms with Crippen molar-refractivity contribution in [3.05, 3.63) is 101 Å². The van der Waals surface area contributed by atoms with E-state index in [1.165, 1.54) is 4.90 Å². The molecule has 0 saturated carbocycles. The second-order valence-electron chi connectivity index (χ2n) is 9.28. The molecule has 0 spiro atoms. The van der Waals surface area contributed by atoms with E-state index >= 15 is 0 Å². The van der Waals surface area contributed by atoms with E-state index in [1.54, 1.807) is 72.8 Å². The summed E-state index contributed by atoms with van der Waals surface area (Å²) in [6.45, 7) is 2.04. The number of benzene rings is 3. The van der Waals surface area contributed by atoms with Crippen molar-refractivity contribution in [1.82, 2.24) is 10.2 Å². The Labute approximate surface area is 213 Å². The third kappa shape index (κ3) is 4.31. The first-order chi connectivity index (χ1) is 17.8. The Morgan fingerprint density at radius 2 is 1.51 bits per heavy atom. The monoisotopic (exact) mass is 495 g/mol. The SMILES string of the molecule is CCC1(c2ccc(NC(=O)c3ccc(CN4C(=O)c5ccccc5C4=O)cc3)cc2)CCC(=O)NC1=O. The number of amides is 5. The van der Waals surface area contributed by atoms with Crippen LogP contribution in [-0.4, -0.2) is 34.4 Å². The van der Waals surface area contributed by atoms with Crippen molar-refractivity contribution in [2.24, 2.45) is 0 Å². The van der Waals surface area contributed by atoms with Gasteiger partial charge in [0.2, 0.25) is 11.8 Å². The molecule has 2 heterocycles. The van der Waals surface area contributed by atoms with Gasteiger partial charge in [-0.25, -0.2) is 0 Å². The van der Waals surface area contributed by atoms with Crippen LogP contribution in [0.5, 0.6) is 0 Å². The number of nitrogens with one attached hydrogen (secondary N) is 2. The quantitative estimate of drug-likeness (QED) is 0.505. The number of anilines is 1. The van der Waals surface area contributed by atoms with E-state index in [9.17, 15) is 24.0 Å². The van der Waals surface area contributed by atoms with E-state index in [0.29, 0.717) is 41.6 Å². The minimum Gasteiger partial charge on any atom is -0.322 e. The van der Waals surface area contributed by atoms with Gasteiger partial charge < -0.3 is 5.32 Å². The Balaban J connectivity index is 1.24. The van der Waals surface area contributed by atoms with Crippen LogP contribution in [0.2, 0.25) is 0 Å². The summed E-state index contributed by atoms with van der Waals surface area (Å²) in [5.41, 5.74) is 2.56. The van der Waals surface area contributed by atoms with Crippen molar-refractivity contribution in [2.75, 3.05) is 5.32 Å². The molecule has 3 aromatic carbocycles. The molecule has 0 radical (unpaired) electrons. The van der Waals surface area contributed by atoms with E-state index in [4.69, 9.17) is 0 Å². The van der Waals surface area contributed by atoms with Gasteiger partial charge in [0.1, 0.15) is 0 Å². The molecule has 37 heavy (non-hydrogen) atoms. The Morgan fingerprint density at radius 3 is 2.08 bits per heavy atom. The zero-order valence-electron chi connectivity index (χ0n) is 20.2. The first-order valence-electron chi connectivity index (χ1n) is 12.1. The minimum atomic E-state index is -0.758. The molecule has 0 bridgehead atoms. The van der Waals surface area contributed by atoms with Crippen molar-refractivity contribution < 1.29 is 24.0 Å². The lowest BCUT2D eigenvalue weighted by Crippen LogP contribution is -2.51. The van der Waals surface area contributed by atoms with Gasteiger partial charge in [0.15, 0.2) is 0 Å². The van der Waals surface area contributed by atoms with Gasteiger partial charge in [0.05, 0.1) is 23.1 Å². The molecule has 1 unspecified atom stereocenters. The van der Waals surface area contributed by atoms with Crippen molar-refractivity contribution in [3.8, 4) is 0 Å². The van der Waals surface area contributed by atoms with Crippen LogP contribution in [-0.2, 0) is 21.5 Å². The molecule has 5 rings (SSSR count). The fraction of sp³-hybridized carbons (Fsp3) is 0.207. The number of carbonyl (C=O) groups excluding carboxylic acids is 5. The molecule has 3 aromatic rings. The Hall–Kier alpha value is -4.59. The molecule has 2 aliphatic heterocycles. The van der Waals surface area contributed by atoms with E-state index in [-0.39, 0.29) is 36.1 Å². The zero-order valence-corrected chi connectivity index (χ0v) is 20.2. The lowest BCUT2D eigenvalue weighted by Gasteiger charge is -2.35. The van der Waals surface area contributed by atoms with Crippen molar-refractivity contribution in [1.29, 1.82) is 0 Å². The van der Waals surface area contributed by atoms with Crippen LogP contribution in [0.25, 0.3) is 0 Å². The van der Waals surface area contributed by atoms with E-state index in [0.717, 1.165) is 11.1 Å². The summed E-state index contributed by atoms with van der Waals surface area (Å²) in [4.78, 5) is 63.4. The highest BCUT2D eigenvalue weighted by atomic mass is 16.2.